The van der Waals surface area contributed by atoms with Gasteiger partial charge in [0.1, 0.15) is 0 Å². The number of fused-ring (bicyclic) bond motifs is 2. The van der Waals surface area contributed by atoms with Crippen molar-refractivity contribution in [3.05, 3.63) is 35.9 Å². The fourth-order valence-corrected chi connectivity index (χ4v) is 5.65. The Bertz CT molecular complexity index is 627. The maximum absolute atomic E-state index is 13.2. The van der Waals surface area contributed by atoms with Crippen molar-refractivity contribution in [1.29, 1.82) is 0 Å². The lowest BCUT2D eigenvalue weighted by atomic mass is 9.84. The van der Waals surface area contributed by atoms with E-state index in [1.807, 2.05) is 0 Å². The minimum absolute atomic E-state index is 0. The van der Waals surface area contributed by atoms with E-state index >= 15 is 0 Å². The molecule has 1 aromatic rings. The van der Waals surface area contributed by atoms with E-state index in [0.717, 1.165) is 32.7 Å². The van der Waals surface area contributed by atoms with Gasteiger partial charge in [-0.05, 0) is 62.5 Å². The van der Waals surface area contributed by atoms with E-state index in [1.165, 1.54) is 31.2 Å². The van der Waals surface area contributed by atoms with Gasteiger partial charge in [0, 0.05) is 32.2 Å². The van der Waals surface area contributed by atoms with Crippen LogP contribution in [0.1, 0.15) is 38.2 Å². The molecule has 158 valence electrons. The number of likely N-dealkylation sites (tertiary alicyclic amines) is 1. The van der Waals surface area contributed by atoms with Gasteiger partial charge in [0.15, 0.2) is 0 Å². The summed E-state index contributed by atoms with van der Waals surface area (Å²) in [6.07, 6.45) is 4.82. The number of benzene rings is 1. The molecular weight excluding hydrogens is 393 g/mol. The first-order valence-electron chi connectivity index (χ1n) is 10.5. The molecule has 1 amide bonds. The first kappa shape index (κ1) is 23.5. The lowest BCUT2D eigenvalue weighted by Crippen LogP contribution is -2.48. The largest absolute Gasteiger partial charge is 0.342 e. The summed E-state index contributed by atoms with van der Waals surface area (Å²) in [4.78, 5) is 17.8. The van der Waals surface area contributed by atoms with Gasteiger partial charge in [-0.25, -0.2) is 0 Å². The summed E-state index contributed by atoms with van der Waals surface area (Å²) < 4.78 is 0. The van der Waals surface area contributed by atoms with Crippen molar-refractivity contribution in [2.24, 2.45) is 29.4 Å². The van der Waals surface area contributed by atoms with Gasteiger partial charge < -0.3 is 10.6 Å². The summed E-state index contributed by atoms with van der Waals surface area (Å²) in [5.74, 6) is 2.18. The van der Waals surface area contributed by atoms with Gasteiger partial charge in [-0.1, -0.05) is 30.3 Å². The Balaban J connectivity index is 0.00000140. The Kier molecular flexibility index (Phi) is 8.62. The third-order valence-corrected chi connectivity index (χ3v) is 7.06. The van der Waals surface area contributed by atoms with Crippen molar-refractivity contribution in [2.75, 3.05) is 26.2 Å². The molecule has 2 saturated carbocycles. The molecule has 2 bridgehead atoms. The molecule has 1 aromatic carbocycles. The third kappa shape index (κ3) is 4.84. The zero-order valence-electron chi connectivity index (χ0n) is 16.8. The molecule has 3 aliphatic rings. The minimum Gasteiger partial charge on any atom is -0.342 e. The van der Waals surface area contributed by atoms with Crippen LogP contribution in [0.25, 0.3) is 0 Å². The van der Waals surface area contributed by atoms with E-state index in [0.29, 0.717) is 23.7 Å². The third-order valence-electron chi connectivity index (χ3n) is 7.06. The predicted molar refractivity (Wildman–Crippen MR) is 119 cm³/mol. The second-order valence-electron chi connectivity index (χ2n) is 8.69. The molecule has 2 N–H and O–H groups in total. The van der Waals surface area contributed by atoms with E-state index in [2.05, 4.69) is 47.1 Å². The average molecular weight is 428 g/mol. The quantitative estimate of drug-likeness (QED) is 0.754. The van der Waals surface area contributed by atoms with Gasteiger partial charge in [-0.3, -0.25) is 9.69 Å². The average Bonchev–Trinajstić information content (AvgIpc) is 3.36. The minimum atomic E-state index is 0. The van der Waals surface area contributed by atoms with Gasteiger partial charge in [-0.2, -0.15) is 0 Å². The highest BCUT2D eigenvalue weighted by Gasteiger charge is 2.50. The Labute approximate surface area is 182 Å². The number of hydrogen-bond donors (Lipinski definition) is 1. The van der Waals surface area contributed by atoms with Crippen molar-refractivity contribution in [1.82, 2.24) is 9.80 Å². The second kappa shape index (κ2) is 10.3. The van der Waals surface area contributed by atoms with Gasteiger partial charge in [-0.15, -0.1) is 24.8 Å². The van der Waals surface area contributed by atoms with Crippen LogP contribution in [0.15, 0.2) is 30.3 Å². The number of rotatable bonds is 6. The van der Waals surface area contributed by atoms with Crippen molar-refractivity contribution < 1.29 is 4.79 Å². The van der Waals surface area contributed by atoms with E-state index in [1.54, 1.807) is 0 Å². The number of nitrogens with zero attached hydrogens (tertiary/aromatic N) is 2. The molecular formula is C22H35Cl2N3O. The van der Waals surface area contributed by atoms with E-state index < -0.39 is 0 Å². The van der Waals surface area contributed by atoms with E-state index in [9.17, 15) is 4.79 Å². The fraction of sp³-hybridized carbons (Fsp3) is 0.682. The highest BCUT2D eigenvalue weighted by atomic mass is 35.5. The molecule has 0 spiro atoms. The van der Waals surface area contributed by atoms with Gasteiger partial charge in [0.05, 0.1) is 5.92 Å². The number of carbonyl (C=O) groups is 1. The molecule has 2 aliphatic carbocycles. The SMILES string of the molecule is CCN(CC1CCN(Cc2ccccc2)C1)C(=O)C1C2CCC(C2)C1N.Cl.Cl. The Morgan fingerprint density at radius 3 is 2.50 bits per heavy atom. The number of amides is 1. The topological polar surface area (TPSA) is 49.6 Å². The van der Waals surface area contributed by atoms with Crippen LogP contribution in [0.2, 0.25) is 0 Å². The van der Waals surface area contributed by atoms with Crippen LogP contribution < -0.4 is 5.73 Å². The van der Waals surface area contributed by atoms with Crippen molar-refractivity contribution in [3.8, 4) is 0 Å². The summed E-state index contributed by atoms with van der Waals surface area (Å²) >= 11 is 0. The molecule has 1 aliphatic heterocycles. The normalized spacial score (nSPS) is 31.3. The molecule has 0 radical (unpaired) electrons. The summed E-state index contributed by atoms with van der Waals surface area (Å²) in [6.45, 7) is 7.10. The Morgan fingerprint density at radius 1 is 1.14 bits per heavy atom. The second-order valence-corrected chi connectivity index (χ2v) is 8.69. The molecule has 4 rings (SSSR count). The zero-order valence-corrected chi connectivity index (χ0v) is 18.5. The zero-order chi connectivity index (χ0) is 18.1. The van der Waals surface area contributed by atoms with E-state index in [-0.39, 0.29) is 36.8 Å². The molecule has 4 nitrogen and oxygen atoms in total. The van der Waals surface area contributed by atoms with Gasteiger partial charge >= 0.3 is 0 Å². The van der Waals surface area contributed by atoms with Crippen LogP contribution in [0.5, 0.6) is 0 Å². The molecule has 3 fully saturated rings. The van der Waals surface area contributed by atoms with Crippen LogP contribution >= 0.6 is 24.8 Å². The molecule has 1 heterocycles. The van der Waals surface area contributed by atoms with Crippen LogP contribution in [0.4, 0.5) is 0 Å². The molecule has 0 aromatic heterocycles. The predicted octanol–water partition coefficient (Wildman–Crippen LogP) is 3.57. The highest BCUT2D eigenvalue weighted by Crippen LogP contribution is 2.48. The van der Waals surface area contributed by atoms with E-state index in [4.69, 9.17) is 5.73 Å². The first-order valence-corrected chi connectivity index (χ1v) is 10.5. The Hall–Kier alpha value is -0.810. The summed E-state index contributed by atoms with van der Waals surface area (Å²) in [5.41, 5.74) is 7.80. The Morgan fingerprint density at radius 2 is 1.86 bits per heavy atom. The lowest BCUT2D eigenvalue weighted by molar-refractivity contribution is -0.138. The first-order chi connectivity index (χ1) is 12.7. The number of nitrogens with two attached hydrogens (primary N) is 1. The number of hydrogen-bond acceptors (Lipinski definition) is 3. The highest BCUT2D eigenvalue weighted by molar-refractivity contribution is 5.85. The summed E-state index contributed by atoms with van der Waals surface area (Å²) in [6, 6.07) is 10.8. The standard InChI is InChI=1S/C22H33N3O.2ClH/c1-2-25(22(26)20-18-8-9-19(12-18)21(20)23)15-17-10-11-24(14-17)13-16-6-4-3-5-7-16;;/h3-7,17-21H,2,8-15,23H2,1H3;2*1H. The van der Waals surface area contributed by atoms with Crippen LogP contribution in [-0.4, -0.2) is 47.9 Å². The van der Waals surface area contributed by atoms with Crippen LogP contribution in [0, 0.1) is 23.7 Å². The monoisotopic (exact) mass is 427 g/mol. The number of carbonyl (C=O) groups excluding carboxylic acids is 1. The molecule has 5 unspecified atom stereocenters. The molecule has 5 atom stereocenters. The van der Waals surface area contributed by atoms with Crippen LogP contribution in [-0.2, 0) is 11.3 Å². The van der Waals surface area contributed by atoms with Crippen molar-refractivity contribution in [3.63, 3.8) is 0 Å². The number of halogens is 2. The summed E-state index contributed by atoms with van der Waals surface area (Å²) in [7, 11) is 0. The molecule has 6 heteroatoms. The maximum Gasteiger partial charge on any atom is 0.227 e. The van der Waals surface area contributed by atoms with Crippen LogP contribution in [0.3, 0.4) is 0 Å². The smallest absolute Gasteiger partial charge is 0.227 e. The molecule has 28 heavy (non-hydrogen) atoms. The van der Waals surface area contributed by atoms with Crippen molar-refractivity contribution in [2.45, 2.75) is 45.2 Å². The fourth-order valence-electron chi connectivity index (χ4n) is 5.65. The van der Waals surface area contributed by atoms with Gasteiger partial charge in [0.25, 0.3) is 0 Å². The van der Waals surface area contributed by atoms with Gasteiger partial charge in [0.2, 0.25) is 5.91 Å². The maximum atomic E-state index is 13.2. The summed E-state index contributed by atoms with van der Waals surface area (Å²) in [5, 5.41) is 0. The molecule has 1 saturated heterocycles. The lowest BCUT2D eigenvalue weighted by Gasteiger charge is -2.33. The van der Waals surface area contributed by atoms with Crippen molar-refractivity contribution >= 4 is 30.7 Å².